The molecule has 1 aliphatic rings. The number of nitrogens with zero attached hydrogens (tertiary/aromatic N) is 3. The van der Waals surface area contributed by atoms with Gasteiger partial charge in [0.15, 0.2) is 0 Å². The van der Waals surface area contributed by atoms with Crippen LogP contribution >= 0.6 is 0 Å². The summed E-state index contributed by atoms with van der Waals surface area (Å²) in [6.45, 7) is 5.91. The number of hydrogen-bond acceptors (Lipinski definition) is 5. The monoisotopic (exact) mass is 286 g/mol. The van der Waals surface area contributed by atoms with Crippen LogP contribution in [0.1, 0.15) is 11.3 Å². The van der Waals surface area contributed by atoms with E-state index in [1.807, 2.05) is 25.4 Å². The van der Waals surface area contributed by atoms with Gasteiger partial charge >= 0.3 is 0 Å². The van der Waals surface area contributed by atoms with Gasteiger partial charge in [-0.15, -0.1) is 0 Å². The highest BCUT2D eigenvalue weighted by molar-refractivity contribution is 5.38. The molecule has 0 unspecified atom stereocenters. The molecule has 0 aliphatic carbocycles. The lowest BCUT2D eigenvalue weighted by Crippen LogP contribution is -2.46. The molecule has 0 aromatic carbocycles. The third-order valence-corrected chi connectivity index (χ3v) is 3.91. The Morgan fingerprint density at radius 3 is 2.76 bits per heavy atom. The van der Waals surface area contributed by atoms with Crippen molar-refractivity contribution in [2.45, 2.75) is 13.1 Å². The fourth-order valence-electron chi connectivity index (χ4n) is 2.74. The lowest BCUT2D eigenvalue weighted by Gasteiger charge is -2.35. The number of pyridine rings is 1. The van der Waals surface area contributed by atoms with Crippen molar-refractivity contribution < 1.29 is 4.42 Å². The van der Waals surface area contributed by atoms with Gasteiger partial charge in [0, 0.05) is 44.5 Å². The summed E-state index contributed by atoms with van der Waals surface area (Å²) in [5.74, 6) is 2.13. The van der Waals surface area contributed by atoms with E-state index in [1.165, 1.54) is 5.56 Å². The van der Waals surface area contributed by atoms with Crippen LogP contribution in [0.25, 0.3) is 0 Å². The van der Waals surface area contributed by atoms with E-state index in [1.54, 1.807) is 6.26 Å². The molecule has 2 aromatic rings. The van der Waals surface area contributed by atoms with E-state index in [2.05, 4.69) is 32.2 Å². The first-order valence-electron chi connectivity index (χ1n) is 7.45. The largest absolute Gasteiger partial charge is 0.468 e. The van der Waals surface area contributed by atoms with Crippen molar-refractivity contribution in [1.29, 1.82) is 0 Å². The van der Waals surface area contributed by atoms with Crippen molar-refractivity contribution in [2.24, 2.45) is 0 Å². The highest BCUT2D eigenvalue weighted by Crippen LogP contribution is 2.17. The van der Waals surface area contributed by atoms with E-state index >= 15 is 0 Å². The number of piperazine rings is 1. The molecule has 5 heteroatoms. The third kappa shape index (κ3) is 3.43. The summed E-state index contributed by atoms with van der Waals surface area (Å²) in [6.07, 6.45) is 3.64. The van der Waals surface area contributed by atoms with Gasteiger partial charge < -0.3 is 14.6 Å². The summed E-state index contributed by atoms with van der Waals surface area (Å²) >= 11 is 0. The number of hydrogen-bond donors (Lipinski definition) is 1. The second-order valence-electron chi connectivity index (χ2n) is 5.35. The van der Waals surface area contributed by atoms with E-state index in [-0.39, 0.29) is 0 Å². The first kappa shape index (κ1) is 14.1. The highest BCUT2D eigenvalue weighted by Gasteiger charge is 2.19. The average Bonchev–Trinajstić information content (AvgIpc) is 2.96. The van der Waals surface area contributed by atoms with Gasteiger partial charge in [-0.2, -0.15) is 0 Å². The van der Waals surface area contributed by atoms with Crippen LogP contribution in [0.3, 0.4) is 0 Å². The zero-order chi connectivity index (χ0) is 14.5. The van der Waals surface area contributed by atoms with Crippen LogP contribution in [0.15, 0.2) is 41.1 Å². The summed E-state index contributed by atoms with van der Waals surface area (Å²) in [6, 6.07) is 8.17. The smallest absolute Gasteiger partial charge is 0.128 e. The average molecular weight is 286 g/mol. The Hall–Kier alpha value is -1.85. The van der Waals surface area contributed by atoms with Gasteiger partial charge in [0.25, 0.3) is 0 Å². The maximum atomic E-state index is 5.53. The minimum Gasteiger partial charge on any atom is -0.468 e. The molecular weight excluding hydrogens is 264 g/mol. The van der Waals surface area contributed by atoms with E-state index in [4.69, 9.17) is 4.42 Å². The minimum atomic E-state index is 0.788. The van der Waals surface area contributed by atoms with Gasteiger partial charge in [0.05, 0.1) is 12.8 Å². The van der Waals surface area contributed by atoms with Crippen LogP contribution in [0.4, 0.5) is 5.82 Å². The molecule has 0 radical (unpaired) electrons. The van der Waals surface area contributed by atoms with E-state index in [9.17, 15) is 0 Å². The number of anilines is 1. The summed E-state index contributed by atoms with van der Waals surface area (Å²) < 4.78 is 5.53. The van der Waals surface area contributed by atoms with Gasteiger partial charge in [-0.3, -0.25) is 4.90 Å². The van der Waals surface area contributed by atoms with Gasteiger partial charge in [-0.1, -0.05) is 6.07 Å². The summed E-state index contributed by atoms with van der Waals surface area (Å²) in [7, 11) is 1.94. The van der Waals surface area contributed by atoms with Crippen molar-refractivity contribution in [3.63, 3.8) is 0 Å². The lowest BCUT2D eigenvalue weighted by molar-refractivity contribution is 0.247. The van der Waals surface area contributed by atoms with Crippen LogP contribution in [0, 0.1) is 0 Å². The number of aromatic nitrogens is 1. The fourth-order valence-corrected chi connectivity index (χ4v) is 2.74. The molecule has 0 atom stereocenters. The normalized spacial score (nSPS) is 16.3. The lowest BCUT2D eigenvalue weighted by atomic mass is 10.2. The Morgan fingerprint density at radius 2 is 2.05 bits per heavy atom. The predicted octanol–water partition coefficient (Wildman–Crippen LogP) is 1.72. The summed E-state index contributed by atoms with van der Waals surface area (Å²) in [5, 5.41) is 3.15. The first-order valence-corrected chi connectivity index (χ1v) is 7.45. The van der Waals surface area contributed by atoms with Gasteiger partial charge in [-0.05, 0) is 25.2 Å². The van der Waals surface area contributed by atoms with Crippen molar-refractivity contribution in [2.75, 3.05) is 38.1 Å². The molecule has 1 saturated heterocycles. The Labute approximate surface area is 125 Å². The molecule has 3 heterocycles. The third-order valence-electron chi connectivity index (χ3n) is 3.91. The maximum Gasteiger partial charge on any atom is 0.128 e. The van der Waals surface area contributed by atoms with Crippen LogP contribution in [-0.2, 0) is 13.1 Å². The molecule has 0 saturated carbocycles. The zero-order valence-electron chi connectivity index (χ0n) is 12.5. The number of furan rings is 1. The van der Waals surface area contributed by atoms with E-state index < -0.39 is 0 Å². The van der Waals surface area contributed by atoms with Crippen LogP contribution in [0.2, 0.25) is 0 Å². The van der Waals surface area contributed by atoms with Crippen molar-refractivity contribution in [1.82, 2.24) is 15.2 Å². The number of nitrogens with one attached hydrogen (secondary N) is 1. The summed E-state index contributed by atoms with van der Waals surface area (Å²) in [4.78, 5) is 9.25. The quantitative estimate of drug-likeness (QED) is 0.906. The van der Waals surface area contributed by atoms with Gasteiger partial charge in [-0.25, -0.2) is 4.98 Å². The maximum absolute atomic E-state index is 5.53. The molecule has 5 nitrogen and oxygen atoms in total. The molecule has 1 aliphatic heterocycles. The zero-order valence-corrected chi connectivity index (χ0v) is 12.5. The van der Waals surface area contributed by atoms with Crippen molar-refractivity contribution >= 4 is 5.82 Å². The Balaban J connectivity index is 1.55. The Kier molecular flexibility index (Phi) is 4.52. The number of rotatable bonds is 5. The standard InChI is InChI=1S/C16H22N4O/c1-17-12-15-14(5-11-21-15)13-19-7-9-20(10-8-19)16-4-2-3-6-18-16/h2-6,11,17H,7-10,12-13H2,1H3. The molecule has 0 amide bonds. The topological polar surface area (TPSA) is 44.5 Å². The molecule has 3 rings (SSSR count). The van der Waals surface area contributed by atoms with Crippen LogP contribution < -0.4 is 10.2 Å². The Morgan fingerprint density at radius 1 is 1.19 bits per heavy atom. The second-order valence-corrected chi connectivity index (χ2v) is 5.35. The molecule has 0 spiro atoms. The summed E-state index contributed by atoms with van der Waals surface area (Å²) in [5.41, 5.74) is 1.29. The molecule has 1 fully saturated rings. The van der Waals surface area contributed by atoms with E-state index in [0.29, 0.717) is 0 Å². The SMILES string of the molecule is CNCc1occc1CN1CCN(c2ccccn2)CC1. The van der Waals surface area contributed by atoms with Crippen molar-refractivity contribution in [3.8, 4) is 0 Å². The predicted molar refractivity (Wildman–Crippen MR) is 83.2 cm³/mol. The molecule has 112 valence electrons. The van der Waals surface area contributed by atoms with E-state index in [0.717, 1.165) is 50.8 Å². The second kappa shape index (κ2) is 6.74. The van der Waals surface area contributed by atoms with Crippen molar-refractivity contribution in [3.05, 3.63) is 48.0 Å². The van der Waals surface area contributed by atoms with Crippen LogP contribution in [0.5, 0.6) is 0 Å². The minimum absolute atomic E-state index is 0.788. The molecule has 21 heavy (non-hydrogen) atoms. The Bertz CT molecular complexity index is 546. The first-order chi connectivity index (χ1) is 10.4. The van der Waals surface area contributed by atoms with Crippen LogP contribution in [-0.4, -0.2) is 43.1 Å². The molecule has 1 N–H and O–H groups in total. The molecule has 2 aromatic heterocycles. The van der Waals surface area contributed by atoms with Gasteiger partial charge in [0.2, 0.25) is 0 Å². The molecular formula is C16H22N4O. The fraction of sp³-hybridized carbons (Fsp3) is 0.438. The highest BCUT2D eigenvalue weighted by atomic mass is 16.3. The molecule has 0 bridgehead atoms. The van der Waals surface area contributed by atoms with Gasteiger partial charge in [0.1, 0.15) is 11.6 Å².